The number of aliphatic hydroxyl groups is 1. The summed E-state index contributed by atoms with van der Waals surface area (Å²) in [5.41, 5.74) is 3.18. The minimum absolute atomic E-state index is 0.0235. The van der Waals surface area contributed by atoms with Crippen LogP contribution in [0.1, 0.15) is 38.7 Å². The zero-order chi connectivity index (χ0) is 18.4. The van der Waals surface area contributed by atoms with Crippen molar-refractivity contribution in [2.24, 2.45) is 5.41 Å². The molecule has 1 fully saturated rings. The molecule has 1 aliphatic rings. The van der Waals surface area contributed by atoms with Crippen molar-refractivity contribution in [3.8, 4) is 11.5 Å². The third-order valence-corrected chi connectivity index (χ3v) is 5.02. The summed E-state index contributed by atoms with van der Waals surface area (Å²) in [6, 6.07) is 5.74. The van der Waals surface area contributed by atoms with Gasteiger partial charge in [-0.15, -0.1) is 0 Å². The molecule has 2 aromatic heterocycles. The fourth-order valence-corrected chi connectivity index (χ4v) is 3.55. The van der Waals surface area contributed by atoms with E-state index in [9.17, 15) is 5.11 Å². The number of hydrogen-bond acceptors (Lipinski definition) is 5. The van der Waals surface area contributed by atoms with E-state index < -0.39 is 0 Å². The summed E-state index contributed by atoms with van der Waals surface area (Å²) in [6.45, 7) is 7.26. The molecule has 26 heavy (non-hydrogen) atoms. The Labute approximate surface area is 155 Å². The molecule has 0 aliphatic carbocycles. The number of aromatic nitrogens is 3. The van der Waals surface area contributed by atoms with Crippen molar-refractivity contribution in [1.29, 1.82) is 0 Å². The van der Waals surface area contributed by atoms with Gasteiger partial charge in [0.1, 0.15) is 5.69 Å². The number of allylic oxidation sites excluding steroid dienone is 2. The fraction of sp³-hybridized carbons (Fsp3) is 0.476. The molecule has 1 saturated heterocycles. The number of pyridine rings is 1. The van der Waals surface area contributed by atoms with Gasteiger partial charge in [0.05, 0.1) is 6.61 Å². The zero-order valence-corrected chi connectivity index (χ0v) is 15.7. The number of rotatable bonds is 6. The van der Waals surface area contributed by atoms with Gasteiger partial charge in [-0.2, -0.15) is 0 Å². The van der Waals surface area contributed by atoms with Crippen LogP contribution in [0.25, 0.3) is 11.5 Å². The Morgan fingerprint density at radius 3 is 2.69 bits per heavy atom. The first-order chi connectivity index (χ1) is 12.6. The maximum absolute atomic E-state index is 10.0. The molecule has 0 aromatic carbocycles. The second kappa shape index (κ2) is 8.52. The Balaban J connectivity index is 1.65. The Morgan fingerprint density at radius 2 is 2.04 bits per heavy atom. The Kier molecular flexibility index (Phi) is 6.12. The number of aliphatic hydroxyl groups excluding tert-OH is 1. The molecular formula is C21H28N4O. The molecule has 1 unspecified atom stereocenters. The molecule has 138 valence electrons. The molecule has 3 rings (SSSR count). The van der Waals surface area contributed by atoms with E-state index in [1.54, 1.807) is 6.20 Å². The van der Waals surface area contributed by atoms with Crippen LogP contribution in [0.15, 0.2) is 48.4 Å². The molecule has 5 nitrogen and oxygen atoms in total. The number of piperidine rings is 1. The van der Waals surface area contributed by atoms with Crippen LogP contribution in [-0.4, -0.2) is 44.7 Å². The van der Waals surface area contributed by atoms with E-state index >= 15 is 0 Å². The Bertz CT molecular complexity index is 725. The van der Waals surface area contributed by atoms with Gasteiger partial charge in [0.2, 0.25) is 0 Å². The smallest absolute Gasteiger partial charge is 0.178 e. The van der Waals surface area contributed by atoms with Crippen molar-refractivity contribution >= 4 is 0 Å². The Morgan fingerprint density at radius 1 is 1.23 bits per heavy atom. The van der Waals surface area contributed by atoms with E-state index in [-0.39, 0.29) is 12.0 Å². The monoisotopic (exact) mass is 352 g/mol. The second-order valence-corrected chi connectivity index (χ2v) is 7.59. The molecule has 1 N–H and O–H groups in total. The normalized spacial score (nSPS) is 20.7. The highest BCUT2D eigenvalue weighted by atomic mass is 16.3. The topological polar surface area (TPSA) is 62.1 Å². The van der Waals surface area contributed by atoms with Gasteiger partial charge < -0.3 is 5.11 Å². The highest BCUT2D eigenvalue weighted by Crippen LogP contribution is 2.34. The third kappa shape index (κ3) is 4.74. The lowest BCUT2D eigenvalue weighted by molar-refractivity contribution is 0.0306. The van der Waals surface area contributed by atoms with Crippen LogP contribution in [0.4, 0.5) is 0 Å². The van der Waals surface area contributed by atoms with Crippen molar-refractivity contribution < 1.29 is 5.11 Å². The van der Waals surface area contributed by atoms with Crippen LogP contribution in [0.2, 0.25) is 0 Å². The first-order valence-corrected chi connectivity index (χ1v) is 9.29. The SMILES string of the molecule is CC(C)=CCC1(CO)CCCN(Cc2cnc(-c3ccccn3)nc2)C1. The van der Waals surface area contributed by atoms with Crippen molar-refractivity contribution in [2.75, 3.05) is 19.7 Å². The van der Waals surface area contributed by atoms with Gasteiger partial charge in [0, 0.05) is 42.7 Å². The van der Waals surface area contributed by atoms with Gasteiger partial charge in [-0.25, -0.2) is 9.97 Å². The molecule has 5 heteroatoms. The van der Waals surface area contributed by atoms with Crippen molar-refractivity contribution in [3.63, 3.8) is 0 Å². The van der Waals surface area contributed by atoms with E-state index in [2.05, 4.69) is 39.8 Å². The molecule has 3 heterocycles. The van der Waals surface area contributed by atoms with E-state index in [0.29, 0.717) is 5.82 Å². The molecule has 1 atom stereocenters. The summed E-state index contributed by atoms with van der Waals surface area (Å²) >= 11 is 0. The standard InChI is InChI=1S/C21H28N4O/c1-17(2)7-9-21(16-26)8-5-11-25(15-21)14-18-12-23-20(24-13-18)19-6-3-4-10-22-19/h3-4,6-7,10,12-13,26H,5,8-9,11,14-16H2,1-2H3. The molecule has 0 radical (unpaired) electrons. The second-order valence-electron chi connectivity index (χ2n) is 7.59. The molecule has 2 aromatic rings. The third-order valence-electron chi connectivity index (χ3n) is 5.02. The largest absolute Gasteiger partial charge is 0.396 e. The average molecular weight is 352 g/mol. The maximum Gasteiger partial charge on any atom is 0.178 e. The van der Waals surface area contributed by atoms with Crippen LogP contribution in [-0.2, 0) is 6.54 Å². The van der Waals surface area contributed by atoms with Gasteiger partial charge in [-0.05, 0) is 51.8 Å². The zero-order valence-electron chi connectivity index (χ0n) is 15.7. The maximum atomic E-state index is 10.0. The lowest BCUT2D eigenvalue weighted by Gasteiger charge is -2.41. The predicted molar refractivity (Wildman–Crippen MR) is 103 cm³/mol. The van der Waals surface area contributed by atoms with Gasteiger partial charge in [0.25, 0.3) is 0 Å². The summed E-state index contributed by atoms with van der Waals surface area (Å²) in [5, 5.41) is 10.0. The van der Waals surface area contributed by atoms with E-state index in [1.165, 1.54) is 5.57 Å². The lowest BCUT2D eigenvalue weighted by atomic mass is 9.77. The molecule has 0 spiro atoms. The highest BCUT2D eigenvalue weighted by molar-refractivity contribution is 5.47. The first-order valence-electron chi connectivity index (χ1n) is 9.29. The van der Waals surface area contributed by atoms with Gasteiger partial charge in [0.15, 0.2) is 5.82 Å². The molecule has 0 saturated carbocycles. The van der Waals surface area contributed by atoms with Crippen molar-refractivity contribution in [3.05, 3.63) is 54.0 Å². The predicted octanol–water partition coefficient (Wildman–Crippen LogP) is 3.47. The molecule has 0 bridgehead atoms. The minimum atomic E-state index is -0.0235. The van der Waals surface area contributed by atoms with Crippen LogP contribution < -0.4 is 0 Å². The summed E-state index contributed by atoms with van der Waals surface area (Å²) in [6.07, 6.45) is 10.9. The quantitative estimate of drug-likeness (QED) is 0.807. The number of hydrogen-bond donors (Lipinski definition) is 1. The van der Waals surface area contributed by atoms with Crippen LogP contribution in [0.3, 0.4) is 0 Å². The van der Waals surface area contributed by atoms with Crippen molar-refractivity contribution in [1.82, 2.24) is 19.9 Å². The summed E-state index contributed by atoms with van der Waals surface area (Å²) < 4.78 is 0. The molecule has 0 amide bonds. The summed E-state index contributed by atoms with van der Waals surface area (Å²) in [7, 11) is 0. The van der Waals surface area contributed by atoms with E-state index in [1.807, 2.05) is 30.6 Å². The van der Waals surface area contributed by atoms with Gasteiger partial charge >= 0.3 is 0 Å². The van der Waals surface area contributed by atoms with Crippen molar-refractivity contribution in [2.45, 2.75) is 39.7 Å². The van der Waals surface area contributed by atoms with Crippen LogP contribution >= 0.6 is 0 Å². The highest BCUT2D eigenvalue weighted by Gasteiger charge is 2.34. The van der Waals surface area contributed by atoms with E-state index in [4.69, 9.17) is 0 Å². The first kappa shape index (κ1) is 18.7. The number of nitrogens with zero attached hydrogens (tertiary/aromatic N) is 4. The summed E-state index contributed by atoms with van der Waals surface area (Å²) in [5.74, 6) is 0.654. The van der Waals surface area contributed by atoms with Gasteiger partial charge in [-0.1, -0.05) is 17.7 Å². The van der Waals surface area contributed by atoms with E-state index in [0.717, 1.165) is 50.2 Å². The van der Waals surface area contributed by atoms with Crippen LogP contribution in [0.5, 0.6) is 0 Å². The Hall–Kier alpha value is -2.11. The molecule has 1 aliphatic heterocycles. The fourth-order valence-electron chi connectivity index (χ4n) is 3.55. The molecular weight excluding hydrogens is 324 g/mol. The summed E-state index contributed by atoms with van der Waals surface area (Å²) in [4.78, 5) is 15.6. The lowest BCUT2D eigenvalue weighted by Crippen LogP contribution is -2.44. The minimum Gasteiger partial charge on any atom is -0.396 e. The number of likely N-dealkylation sites (tertiary alicyclic amines) is 1. The van der Waals surface area contributed by atoms with Gasteiger partial charge in [-0.3, -0.25) is 9.88 Å². The van der Waals surface area contributed by atoms with Crippen LogP contribution in [0, 0.1) is 5.41 Å². The average Bonchev–Trinajstić information content (AvgIpc) is 2.68.